The van der Waals surface area contributed by atoms with E-state index in [1.165, 1.54) is 0 Å². The number of nitrogens with zero attached hydrogens (tertiary/aromatic N) is 1. The summed E-state index contributed by atoms with van der Waals surface area (Å²) >= 11 is 0. The highest BCUT2D eigenvalue weighted by atomic mass is 16.2. The van der Waals surface area contributed by atoms with Crippen molar-refractivity contribution in [3.8, 4) is 0 Å². The first-order valence-electron chi connectivity index (χ1n) is 7.72. The maximum absolute atomic E-state index is 13.1. The topological polar surface area (TPSA) is 49.4 Å². The average Bonchev–Trinajstić information content (AvgIpc) is 2.91. The first-order valence-corrected chi connectivity index (χ1v) is 7.72. The van der Waals surface area contributed by atoms with Gasteiger partial charge in [0.05, 0.1) is 0 Å². The van der Waals surface area contributed by atoms with E-state index >= 15 is 0 Å². The first-order chi connectivity index (χ1) is 11.0. The molecule has 2 amide bonds. The Morgan fingerprint density at radius 2 is 1.74 bits per heavy atom. The summed E-state index contributed by atoms with van der Waals surface area (Å²) in [6, 6.07) is 13.0. The van der Waals surface area contributed by atoms with Crippen LogP contribution in [0.1, 0.15) is 27.0 Å². The Morgan fingerprint density at radius 1 is 1.09 bits per heavy atom. The fourth-order valence-corrected chi connectivity index (χ4v) is 3.25. The van der Waals surface area contributed by atoms with Crippen molar-refractivity contribution in [2.75, 3.05) is 11.9 Å². The summed E-state index contributed by atoms with van der Waals surface area (Å²) in [6.07, 6.45) is 0.548. The molecule has 1 aliphatic rings. The van der Waals surface area contributed by atoms with Crippen molar-refractivity contribution in [2.45, 2.75) is 26.3 Å². The van der Waals surface area contributed by atoms with Crippen LogP contribution in [0.25, 0.3) is 0 Å². The molecule has 0 aromatic heterocycles. The Kier molecular flexibility index (Phi) is 3.90. The molecule has 4 heteroatoms. The molecule has 0 spiro atoms. The molecular formula is C19H20N2O2. The Hall–Kier alpha value is -2.62. The molecule has 0 saturated heterocycles. The number of para-hydroxylation sites is 1. The lowest BCUT2D eigenvalue weighted by atomic mass is 10.1. The Morgan fingerprint density at radius 3 is 2.39 bits per heavy atom. The Bertz CT molecular complexity index is 762. The second-order valence-corrected chi connectivity index (χ2v) is 6.01. The normalized spacial score (nSPS) is 16.1. The highest BCUT2D eigenvalue weighted by Gasteiger charge is 2.38. The molecule has 118 valence electrons. The summed E-state index contributed by atoms with van der Waals surface area (Å²) in [7, 11) is 1.60. The molecule has 1 atom stereocenters. The molecule has 0 bridgehead atoms. The van der Waals surface area contributed by atoms with Crippen LogP contribution in [-0.4, -0.2) is 24.9 Å². The van der Waals surface area contributed by atoms with Gasteiger partial charge in [-0.1, -0.05) is 35.4 Å². The number of likely N-dealkylation sites (N-methyl/N-ethyl adjacent to an activating group) is 1. The second kappa shape index (κ2) is 5.88. The van der Waals surface area contributed by atoms with E-state index in [-0.39, 0.29) is 11.8 Å². The summed E-state index contributed by atoms with van der Waals surface area (Å²) < 4.78 is 0. The van der Waals surface area contributed by atoms with Gasteiger partial charge in [-0.3, -0.25) is 14.5 Å². The maximum Gasteiger partial charge on any atom is 0.259 e. The number of anilines is 1. The smallest absolute Gasteiger partial charge is 0.259 e. The van der Waals surface area contributed by atoms with Gasteiger partial charge in [0.1, 0.15) is 6.04 Å². The van der Waals surface area contributed by atoms with E-state index in [4.69, 9.17) is 0 Å². The molecule has 1 N–H and O–H groups in total. The number of hydrogen-bond donors (Lipinski definition) is 1. The lowest BCUT2D eigenvalue weighted by molar-refractivity contribution is -0.121. The highest BCUT2D eigenvalue weighted by molar-refractivity contribution is 6.11. The zero-order chi connectivity index (χ0) is 16.6. The molecule has 1 unspecified atom stereocenters. The van der Waals surface area contributed by atoms with Crippen molar-refractivity contribution in [1.82, 2.24) is 5.32 Å². The molecule has 2 aromatic carbocycles. The molecule has 3 rings (SSSR count). The minimum absolute atomic E-state index is 0.129. The lowest BCUT2D eigenvalue weighted by Crippen LogP contribution is -2.47. The van der Waals surface area contributed by atoms with Crippen molar-refractivity contribution in [3.63, 3.8) is 0 Å². The van der Waals surface area contributed by atoms with Crippen LogP contribution in [0.3, 0.4) is 0 Å². The zero-order valence-corrected chi connectivity index (χ0v) is 13.6. The van der Waals surface area contributed by atoms with Crippen molar-refractivity contribution in [2.24, 2.45) is 0 Å². The number of fused-ring (bicyclic) bond motifs is 1. The predicted molar refractivity (Wildman–Crippen MR) is 90.7 cm³/mol. The van der Waals surface area contributed by atoms with Crippen LogP contribution in [-0.2, 0) is 11.2 Å². The van der Waals surface area contributed by atoms with Crippen LogP contribution >= 0.6 is 0 Å². The molecular weight excluding hydrogens is 288 g/mol. The van der Waals surface area contributed by atoms with Crippen molar-refractivity contribution in [1.29, 1.82) is 0 Å². The van der Waals surface area contributed by atoms with E-state index < -0.39 is 6.04 Å². The first kappa shape index (κ1) is 15.3. The van der Waals surface area contributed by atoms with Crippen molar-refractivity contribution >= 4 is 17.5 Å². The van der Waals surface area contributed by atoms with Gasteiger partial charge in [-0.25, -0.2) is 0 Å². The van der Waals surface area contributed by atoms with Crippen LogP contribution in [0.5, 0.6) is 0 Å². The third-order valence-corrected chi connectivity index (χ3v) is 4.21. The quantitative estimate of drug-likeness (QED) is 0.927. The van der Waals surface area contributed by atoms with Crippen LogP contribution in [0, 0.1) is 13.8 Å². The summed E-state index contributed by atoms with van der Waals surface area (Å²) in [4.78, 5) is 27.0. The number of benzene rings is 2. The van der Waals surface area contributed by atoms with Crippen LogP contribution in [0.4, 0.5) is 5.69 Å². The standard InChI is InChI=1S/C19H20N2O2/c1-12-8-13(2)10-15(9-12)19(23)21-16-7-5-4-6-14(16)11-17(21)18(22)20-3/h4-10,17H,11H2,1-3H3,(H,20,22). The van der Waals surface area contributed by atoms with Gasteiger partial charge in [0, 0.05) is 24.7 Å². The fraction of sp³-hybridized carbons (Fsp3) is 0.263. The molecule has 0 radical (unpaired) electrons. The monoisotopic (exact) mass is 308 g/mol. The molecule has 4 nitrogen and oxygen atoms in total. The lowest BCUT2D eigenvalue weighted by Gasteiger charge is -2.24. The van der Waals surface area contributed by atoms with Gasteiger partial charge >= 0.3 is 0 Å². The Labute approximate surface area is 136 Å². The number of aryl methyl sites for hydroxylation is 2. The fourth-order valence-electron chi connectivity index (χ4n) is 3.25. The van der Waals surface area contributed by atoms with Crippen LogP contribution in [0.15, 0.2) is 42.5 Å². The summed E-state index contributed by atoms with van der Waals surface area (Å²) in [5.74, 6) is -0.269. The molecule has 1 aliphatic heterocycles. The third kappa shape index (κ3) is 2.72. The molecule has 1 heterocycles. The van der Waals surface area contributed by atoms with E-state index in [0.29, 0.717) is 12.0 Å². The van der Waals surface area contributed by atoms with Gasteiger partial charge < -0.3 is 5.32 Å². The molecule has 2 aromatic rings. The van der Waals surface area contributed by atoms with Gasteiger partial charge in [-0.05, 0) is 37.6 Å². The highest BCUT2D eigenvalue weighted by Crippen LogP contribution is 2.33. The number of rotatable bonds is 2. The van der Waals surface area contributed by atoms with Crippen LogP contribution < -0.4 is 10.2 Å². The van der Waals surface area contributed by atoms with E-state index in [1.807, 2.05) is 56.3 Å². The predicted octanol–water partition coefficient (Wildman–Crippen LogP) is 2.62. The van der Waals surface area contributed by atoms with E-state index in [2.05, 4.69) is 5.32 Å². The van der Waals surface area contributed by atoms with E-state index in [1.54, 1.807) is 11.9 Å². The maximum atomic E-state index is 13.1. The average molecular weight is 308 g/mol. The van der Waals surface area contributed by atoms with Crippen molar-refractivity contribution in [3.05, 3.63) is 64.7 Å². The molecule has 23 heavy (non-hydrogen) atoms. The number of hydrogen-bond acceptors (Lipinski definition) is 2. The van der Waals surface area contributed by atoms with Gasteiger partial charge in [0.2, 0.25) is 5.91 Å². The minimum atomic E-state index is -0.495. The number of amides is 2. The number of nitrogens with one attached hydrogen (secondary N) is 1. The van der Waals surface area contributed by atoms with Gasteiger partial charge in [0.25, 0.3) is 5.91 Å². The van der Waals surface area contributed by atoms with E-state index in [9.17, 15) is 9.59 Å². The summed E-state index contributed by atoms with van der Waals surface area (Å²) in [6.45, 7) is 3.94. The minimum Gasteiger partial charge on any atom is -0.357 e. The van der Waals surface area contributed by atoms with E-state index in [0.717, 1.165) is 22.4 Å². The van der Waals surface area contributed by atoms with Gasteiger partial charge in [-0.15, -0.1) is 0 Å². The number of carbonyl (C=O) groups is 2. The zero-order valence-electron chi connectivity index (χ0n) is 13.6. The summed E-state index contributed by atoms with van der Waals surface area (Å²) in [5, 5.41) is 2.67. The molecule has 0 aliphatic carbocycles. The van der Waals surface area contributed by atoms with Gasteiger partial charge in [0.15, 0.2) is 0 Å². The Balaban J connectivity index is 2.06. The molecule has 0 saturated carbocycles. The third-order valence-electron chi connectivity index (χ3n) is 4.21. The van der Waals surface area contributed by atoms with Crippen LogP contribution in [0.2, 0.25) is 0 Å². The summed E-state index contributed by atoms with van der Waals surface area (Å²) in [5.41, 5.74) is 4.55. The number of carbonyl (C=O) groups excluding carboxylic acids is 2. The second-order valence-electron chi connectivity index (χ2n) is 6.01. The SMILES string of the molecule is CNC(=O)C1Cc2ccccc2N1C(=O)c1cc(C)cc(C)c1. The van der Waals surface area contributed by atoms with Crippen molar-refractivity contribution < 1.29 is 9.59 Å². The largest absolute Gasteiger partial charge is 0.357 e. The van der Waals surface area contributed by atoms with Gasteiger partial charge in [-0.2, -0.15) is 0 Å². The molecule has 0 fully saturated rings.